The summed E-state index contributed by atoms with van der Waals surface area (Å²) in [6, 6.07) is 16.1. The van der Waals surface area contributed by atoms with Crippen molar-refractivity contribution in [3.05, 3.63) is 82.3 Å². The van der Waals surface area contributed by atoms with Gasteiger partial charge in [0.05, 0.1) is 34.8 Å². The topological polar surface area (TPSA) is 105 Å². The van der Waals surface area contributed by atoms with Crippen molar-refractivity contribution in [2.45, 2.75) is 44.3 Å². The Hall–Kier alpha value is -3.47. The van der Waals surface area contributed by atoms with Crippen LogP contribution in [0.15, 0.2) is 71.6 Å². The quantitative estimate of drug-likeness (QED) is 0.300. The average Bonchev–Trinajstić information content (AvgIpc) is 2.95. The summed E-state index contributed by atoms with van der Waals surface area (Å²) in [6.07, 6.45) is 0. The van der Waals surface area contributed by atoms with E-state index in [9.17, 15) is 18.0 Å². The molecule has 0 aromatic heterocycles. The molecule has 3 rings (SSSR count). The number of hydrogen-bond donors (Lipinski definition) is 1. The Kier molecular flexibility index (Phi) is 10.9. The van der Waals surface area contributed by atoms with Gasteiger partial charge in [0.15, 0.2) is 11.5 Å². The molecule has 3 aromatic carbocycles. The molecular weight excluding hydrogens is 589 g/mol. The largest absolute Gasteiger partial charge is 0.493 e. The van der Waals surface area contributed by atoms with Gasteiger partial charge in [-0.15, -0.1) is 0 Å². The van der Waals surface area contributed by atoms with Gasteiger partial charge in [-0.25, -0.2) is 8.42 Å². The normalized spacial score (nSPS) is 12.0. The molecule has 0 saturated carbocycles. The molecule has 0 aliphatic carbocycles. The van der Waals surface area contributed by atoms with Crippen LogP contribution >= 0.6 is 23.2 Å². The first-order valence-corrected chi connectivity index (χ1v) is 14.9. The highest BCUT2D eigenvalue weighted by Crippen LogP contribution is 2.34. The van der Waals surface area contributed by atoms with Gasteiger partial charge >= 0.3 is 0 Å². The lowest BCUT2D eigenvalue weighted by atomic mass is 10.1. The number of halogens is 2. The smallest absolute Gasteiger partial charge is 0.264 e. The van der Waals surface area contributed by atoms with E-state index in [1.54, 1.807) is 63.2 Å². The third-order valence-electron chi connectivity index (χ3n) is 6.20. The summed E-state index contributed by atoms with van der Waals surface area (Å²) in [5.74, 6) is -0.336. The predicted molar refractivity (Wildman–Crippen MR) is 160 cm³/mol. The van der Waals surface area contributed by atoms with Crippen LogP contribution < -0.4 is 19.1 Å². The van der Waals surface area contributed by atoms with E-state index < -0.39 is 34.4 Å². The number of sulfonamides is 1. The molecule has 2 amide bonds. The fraction of sp³-hybridized carbons (Fsp3) is 0.310. The van der Waals surface area contributed by atoms with E-state index in [0.29, 0.717) is 16.3 Å². The molecule has 0 aliphatic rings. The van der Waals surface area contributed by atoms with Crippen LogP contribution in [0.4, 0.5) is 5.69 Å². The number of nitrogens with one attached hydrogen (secondary N) is 1. The van der Waals surface area contributed by atoms with E-state index in [4.69, 9.17) is 32.7 Å². The van der Waals surface area contributed by atoms with Crippen LogP contribution in [-0.2, 0) is 26.2 Å². The van der Waals surface area contributed by atoms with Gasteiger partial charge in [0.25, 0.3) is 10.0 Å². The first-order chi connectivity index (χ1) is 19.4. The molecule has 0 unspecified atom stereocenters. The number of methoxy groups -OCH3 is 2. The van der Waals surface area contributed by atoms with Crippen LogP contribution in [0.3, 0.4) is 0 Å². The SMILES string of the molecule is COc1ccc(N(CC(=O)N(Cc2ccc(Cl)c(Cl)c2)[C@H](C)C(=O)NC(C)C)S(=O)(=O)c2ccccc2)cc1OC. The molecule has 1 atom stereocenters. The van der Waals surface area contributed by atoms with E-state index in [1.807, 2.05) is 0 Å². The van der Waals surface area contributed by atoms with Crippen molar-refractivity contribution in [3.63, 3.8) is 0 Å². The molecule has 41 heavy (non-hydrogen) atoms. The second kappa shape index (κ2) is 13.9. The molecule has 3 aromatic rings. The molecule has 0 aliphatic heterocycles. The molecule has 0 heterocycles. The first kappa shape index (κ1) is 32.0. The third kappa shape index (κ3) is 7.84. The predicted octanol–water partition coefficient (Wildman–Crippen LogP) is 5.15. The van der Waals surface area contributed by atoms with Gasteiger partial charge in [-0.05, 0) is 62.7 Å². The molecule has 0 radical (unpaired) electrons. The minimum atomic E-state index is -4.23. The number of nitrogens with zero attached hydrogens (tertiary/aromatic N) is 2. The molecule has 1 N–H and O–H groups in total. The maximum atomic E-state index is 14.0. The summed E-state index contributed by atoms with van der Waals surface area (Å²) in [5.41, 5.74) is 0.786. The molecule has 0 bridgehead atoms. The van der Waals surface area contributed by atoms with Crippen molar-refractivity contribution in [3.8, 4) is 11.5 Å². The Morgan fingerprint density at radius 2 is 1.54 bits per heavy atom. The molecule has 12 heteroatoms. The van der Waals surface area contributed by atoms with E-state index >= 15 is 0 Å². The fourth-order valence-corrected chi connectivity index (χ4v) is 5.80. The maximum Gasteiger partial charge on any atom is 0.264 e. The van der Waals surface area contributed by atoms with Gasteiger partial charge < -0.3 is 19.7 Å². The molecule has 0 spiro atoms. The summed E-state index contributed by atoms with van der Waals surface area (Å²) >= 11 is 12.3. The Bertz CT molecular complexity index is 1490. The highest BCUT2D eigenvalue weighted by Gasteiger charge is 2.33. The Morgan fingerprint density at radius 3 is 2.12 bits per heavy atom. The summed E-state index contributed by atoms with van der Waals surface area (Å²) in [5, 5.41) is 3.44. The van der Waals surface area contributed by atoms with Crippen LogP contribution in [0, 0.1) is 0 Å². The molecule has 9 nitrogen and oxygen atoms in total. The van der Waals surface area contributed by atoms with Crippen molar-refractivity contribution in [2.75, 3.05) is 25.1 Å². The zero-order chi connectivity index (χ0) is 30.3. The first-order valence-electron chi connectivity index (χ1n) is 12.7. The summed E-state index contributed by atoms with van der Waals surface area (Å²) in [4.78, 5) is 28.3. The van der Waals surface area contributed by atoms with E-state index in [2.05, 4.69) is 5.32 Å². The van der Waals surface area contributed by atoms with E-state index in [1.165, 1.54) is 43.4 Å². The highest BCUT2D eigenvalue weighted by atomic mass is 35.5. The second-order valence-electron chi connectivity index (χ2n) is 9.47. The minimum Gasteiger partial charge on any atom is -0.493 e. The maximum absolute atomic E-state index is 14.0. The van der Waals surface area contributed by atoms with Crippen molar-refractivity contribution in [1.82, 2.24) is 10.2 Å². The van der Waals surface area contributed by atoms with Gasteiger partial charge in [-0.2, -0.15) is 0 Å². The number of amides is 2. The molecule has 220 valence electrons. The van der Waals surface area contributed by atoms with Gasteiger partial charge in [0, 0.05) is 18.7 Å². The monoisotopic (exact) mass is 621 g/mol. The van der Waals surface area contributed by atoms with Crippen molar-refractivity contribution in [1.29, 1.82) is 0 Å². The number of ether oxygens (including phenoxy) is 2. The second-order valence-corrected chi connectivity index (χ2v) is 12.2. The number of hydrogen-bond acceptors (Lipinski definition) is 6. The zero-order valence-electron chi connectivity index (χ0n) is 23.4. The molecule has 0 fully saturated rings. The van der Waals surface area contributed by atoms with Crippen molar-refractivity contribution < 1.29 is 27.5 Å². The van der Waals surface area contributed by atoms with Crippen LogP contribution in [0.1, 0.15) is 26.3 Å². The average molecular weight is 623 g/mol. The molecular formula is C29H33Cl2N3O6S. The van der Waals surface area contributed by atoms with E-state index in [0.717, 1.165) is 4.31 Å². The lowest BCUT2D eigenvalue weighted by Crippen LogP contribution is -2.52. The zero-order valence-corrected chi connectivity index (χ0v) is 25.8. The number of benzene rings is 3. The molecule has 0 saturated heterocycles. The number of rotatable bonds is 12. The lowest BCUT2D eigenvalue weighted by Gasteiger charge is -2.32. The van der Waals surface area contributed by atoms with Crippen molar-refractivity contribution >= 4 is 50.7 Å². The van der Waals surface area contributed by atoms with Crippen LogP contribution in [-0.4, -0.2) is 58.0 Å². The Morgan fingerprint density at radius 1 is 0.878 bits per heavy atom. The van der Waals surface area contributed by atoms with Gasteiger partial charge in [0.2, 0.25) is 11.8 Å². The van der Waals surface area contributed by atoms with Gasteiger partial charge in [-0.3, -0.25) is 13.9 Å². The standard InChI is InChI=1S/C29H33Cl2N3O6S/c1-19(2)32-29(36)20(3)33(17-21-11-13-24(30)25(31)15-21)28(35)18-34(41(37,38)23-9-7-6-8-10-23)22-12-14-26(39-4)27(16-22)40-5/h6-16,19-20H,17-18H2,1-5H3,(H,32,36)/t20-/m1/s1. The number of carbonyl (C=O) groups is 2. The summed E-state index contributed by atoms with van der Waals surface area (Å²) in [7, 11) is -1.34. The van der Waals surface area contributed by atoms with Crippen LogP contribution in [0.5, 0.6) is 11.5 Å². The third-order valence-corrected chi connectivity index (χ3v) is 8.73. The summed E-state index contributed by atoms with van der Waals surface area (Å²) in [6.45, 7) is 4.57. The van der Waals surface area contributed by atoms with Gasteiger partial charge in [0.1, 0.15) is 12.6 Å². The Balaban J connectivity index is 2.09. The van der Waals surface area contributed by atoms with Crippen molar-refractivity contribution in [2.24, 2.45) is 0 Å². The fourth-order valence-electron chi connectivity index (χ4n) is 4.05. The van der Waals surface area contributed by atoms with Gasteiger partial charge in [-0.1, -0.05) is 47.5 Å². The van der Waals surface area contributed by atoms with Crippen LogP contribution in [0.2, 0.25) is 10.0 Å². The van der Waals surface area contributed by atoms with Crippen LogP contribution in [0.25, 0.3) is 0 Å². The number of carbonyl (C=O) groups excluding carboxylic acids is 2. The number of anilines is 1. The lowest BCUT2D eigenvalue weighted by molar-refractivity contribution is -0.139. The minimum absolute atomic E-state index is 0.00998. The Labute approximate surface area is 251 Å². The highest BCUT2D eigenvalue weighted by molar-refractivity contribution is 7.92. The summed E-state index contributed by atoms with van der Waals surface area (Å²) < 4.78 is 39.5. The van der Waals surface area contributed by atoms with E-state index in [-0.39, 0.29) is 33.9 Å².